The summed E-state index contributed by atoms with van der Waals surface area (Å²) >= 11 is 0. The van der Waals surface area contributed by atoms with Gasteiger partial charge in [0.1, 0.15) is 5.75 Å². The normalized spacial score (nSPS) is 34.1. The summed E-state index contributed by atoms with van der Waals surface area (Å²) in [6.45, 7) is 14.3. The fraction of sp³-hybridized carbons (Fsp3) is 0.704. The van der Waals surface area contributed by atoms with Crippen LogP contribution < -0.4 is 0 Å². The van der Waals surface area contributed by atoms with Crippen molar-refractivity contribution in [2.45, 2.75) is 65.7 Å². The van der Waals surface area contributed by atoms with Crippen LogP contribution in [0.25, 0.3) is 0 Å². The van der Waals surface area contributed by atoms with E-state index in [1.807, 2.05) is 12.1 Å². The molecule has 3 heteroatoms. The molecule has 30 heavy (non-hydrogen) atoms. The van der Waals surface area contributed by atoms with Gasteiger partial charge in [0.05, 0.1) is 13.2 Å². The van der Waals surface area contributed by atoms with Crippen molar-refractivity contribution < 1.29 is 9.84 Å². The van der Waals surface area contributed by atoms with Crippen LogP contribution in [-0.4, -0.2) is 42.9 Å². The molecule has 1 N–H and O–H groups in total. The van der Waals surface area contributed by atoms with Crippen molar-refractivity contribution in [3.05, 3.63) is 41.0 Å². The molecule has 3 aliphatic rings. The molecule has 166 valence electrons. The Kier molecular flexibility index (Phi) is 6.60. The molecule has 0 bridgehead atoms. The first kappa shape index (κ1) is 21.9. The largest absolute Gasteiger partial charge is 0.508 e. The van der Waals surface area contributed by atoms with Crippen molar-refractivity contribution in [2.24, 2.45) is 23.2 Å². The lowest BCUT2D eigenvalue weighted by Crippen LogP contribution is -2.43. The highest BCUT2D eigenvalue weighted by molar-refractivity contribution is 5.41. The van der Waals surface area contributed by atoms with E-state index < -0.39 is 0 Å². The Hall–Kier alpha value is -1.32. The monoisotopic (exact) mass is 411 g/mol. The summed E-state index contributed by atoms with van der Waals surface area (Å²) in [5.74, 6) is 3.35. The number of allylic oxidation sites excluding steroid dienone is 1. The zero-order valence-electron chi connectivity index (χ0n) is 19.5. The number of rotatable bonds is 7. The van der Waals surface area contributed by atoms with Crippen molar-refractivity contribution >= 4 is 0 Å². The molecule has 0 spiro atoms. The van der Waals surface area contributed by atoms with Crippen LogP contribution in [0.15, 0.2) is 29.8 Å². The second-order valence-corrected chi connectivity index (χ2v) is 10.2. The number of benzene rings is 1. The molecule has 4 rings (SSSR count). The molecule has 5 atom stereocenters. The molecule has 1 aromatic rings. The van der Waals surface area contributed by atoms with E-state index in [0.29, 0.717) is 23.0 Å². The fourth-order valence-electron chi connectivity index (χ4n) is 7.13. The van der Waals surface area contributed by atoms with Crippen molar-refractivity contribution in [3.63, 3.8) is 0 Å². The van der Waals surface area contributed by atoms with E-state index >= 15 is 0 Å². The molecule has 3 nitrogen and oxygen atoms in total. The van der Waals surface area contributed by atoms with Crippen LogP contribution >= 0.6 is 0 Å². The first-order chi connectivity index (χ1) is 14.5. The summed E-state index contributed by atoms with van der Waals surface area (Å²) in [7, 11) is 0. The van der Waals surface area contributed by atoms with Gasteiger partial charge in [-0.1, -0.05) is 45.4 Å². The second kappa shape index (κ2) is 9.04. The van der Waals surface area contributed by atoms with Crippen LogP contribution in [-0.2, 0) is 11.2 Å². The first-order valence-corrected chi connectivity index (χ1v) is 12.3. The molecule has 0 aromatic heterocycles. The molecule has 3 aliphatic carbocycles. The van der Waals surface area contributed by atoms with Gasteiger partial charge in [0, 0.05) is 6.54 Å². The molecular weight excluding hydrogens is 370 g/mol. The summed E-state index contributed by atoms with van der Waals surface area (Å²) in [6, 6.07) is 6.13. The molecule has 0 unspecified atom stereocenters. The average molecular weight is 412 g/mol. The van der Waals surface area contributed by atoms with Crippen LogP contribution in [0.3, 0.4) is 0 Å². The lowest BCUT2D eigenvalue weighted by atomic mass is 9.52. The lowest BCUT2D eigenvalue weighted by Gasteiger charge is -2.52. The molecule has 1 aromatic carbocycles. The van der Waals surface area contributed by atoms with Crippen LogP contribution in [0.4, 0.5) is 0 Å². The van der Waals surface area contributed by atoms with Gasteiger partial charge in [0.15, 0.2) is 0 Å². The molecule has 2 saturated carbocycles. The van der Waals surface area contributed by atoms with E-state index in [9.17, 15) is 5.11 Å². The zero-order valence-corrected chi connectivity index (χ0v) is 19.5. The topological polar surface area (TPSA) is 32.7 Å². The van der Waals surface area contributed by atoms with Crippen molar-refractivity contribution in [1.82, 2.24) is 4.90 Å². The predicted octanol–water partition coefficient (Wildman–Crippen LogP) is 5.78. The summed E-state index contributed by atoms with van der Waals surface area (Å²) < 4.78 is 6.00. The molecular formula is C27H41NO2. The van der Waals surface area contributed by atoms with Gasteiger partial charge >= 0.3 is 0 Å². The third-order valence-corrected chi connectivity index (χ3v) is 8.80. The maximum absolute atomic E-state index is 9.95. The standard InChI is InChI=1S/C27H41NO2/c1-5-28(6-2)14-16-30-15-12-21-7-10-25-26-19(3)17-20-18-22(29)8-9-23(20)24(26)11-13-27(21,25)4/h8-9,12,18-19,24-26,29H,5-7,10-11,13-17H2,1-4H3/b21-12+/t19-,24-,25+,26-,27-/m1/s1. The number of hydrogen-bond donors (Lipinski definition) is 1. The predicted molar refractivity (Wildman–Crippen MR) is 124 cm³/mol. The van der Waals surface area contributed by atoms with Gasteiger partial charge < -0.3 is 14.7 Å². The first-order valence-electron chi connectivity index (χ1n) is 12.3. The van der Waals surface area contributed by atoms with Crippen molar-refractivity contribution in [2.75, 3.05) is 32.8 Å². The van der Waals surface area contributed by atoms with Gasteiger partial charge in [-0.3, -0.25) is 0 Å². The summed E-state index contributed by atoms with van der Waals surface area (Å²) in [4.78, 5) is 2.42. The van der Waals surface area contributed by atoms with E-state index in [1.165, 1.54) is 36.8 Å². The Labute approximate surface area is 183 Å². The smallest absolute Gasteiger partial charge is 0.115 e. The summed E-state index contributed by atoms with van der Waals surface area (Å²) in [6.07, 6.45) is 8.70. The van der Waals surface area contributed by atoms with Gasteiger partial charge in [-0.2, -0.15) is 0 Å². The number of likely N-dealkylation sites (N-methyl/N-ethyl adjacent to an activating group) is 1. The van der Waals surface area contributed by atoms with Crippen LogP contribution in [0, 0.1) is 23.2 Å². The van der Waals surface area contributed by atoms with Crippen LogP contribution in [0.5, 0.6) is 5.75 Å². The van der Waals surface area contributed by atoms with Gasteiger partial charge in [-0.25, -0.2) is 0 Å². The number of phenols is 1. The fourth-order valence-corrected chi connectivity index (χ4v) is 7.13. The Morgan fingerprint density at radius 3 is 2.80 bits per heavy atom. The van der Waals surface area contributed by atoms with E-state index in [-0.39, 0.29) is 0 Å². The minimum absolute atomic E-state index is 0.353. The van der Waals surface area contributed by atoms with Gasteiger partial charge in [-0.15, -0.1) is 0 Å². The summed E-state index contributed by atoms with van der Waals surface area (Å²) in [5.41, 5.74) is 4.93. The Morgan fingerprint density at radius 2 is 2.03 bits per heavy atom. The van der Waals surface area contributed by atoms with E-state index in [2.05, 4.69) is 44.7 Å². The number of nitrogens with zero attached hydrogens (tertiary/aromatic N) is 1. The van der Waals surface area contributed by atoms with E-state index in [0.717, 1.165) is 51.1 Å². The van der Waals surface area contributed by atoms with E-state index in [1.54, 1.807) is 5.57 Å². The quantitative estimate of drug-likeness (QED) is 0.456. The summed E-state index contributed by atoms with van der Waals surface area (Å²) in [5, 5.41) is 9.95. The van der Waals surface area contributed by atoms with Gasteiger partial charge in [-0.05, 0) is 97.5 Å². The Morgan fingerprint density at radius 1 is 1.23 bits per heavy atom. The van der Waals surface area contributed by atoms with Gasteiger partial charge in [0.2, 0.25) is 0 Å². The number of aromatic hydroxyl groups is 1. The highest BCUT2D eigenvalue weighted by atomic mass is 16.5. The molecule has 0 aliphatic heterocycles. The number of hydrogen-bond acceptors (Lipinski definition) is 3. The molecule has 0 saturated heterocycles. The molecule has 0 amide bonds. The van der Waals surface area contributed by atoms with Crippen molar-refractivity contribution in [3.8, 4) is 5.75 Å². The third kappa shape index (κ3) is 3.96. The maximum atomic E-state index is 9.95. The molecule has 2 fully saturated rings. The molecule has 0 heterocycles. The van der Waals surface area contributed by atoms with Crippen LogP contribution in [0.1, 0.15) is 70.4 Å². The highest BCUT2D eigenvalue weighted by Crippen LogP contribution is 2.63. The second-order valence-electron chi connectivity index (χ2n) is 10.2. The molecule has 0 radical (unpaired) electrons. The lowest BCUT2D eigenvalue weighted by molar-refractivity contribution is 0.0483. The third-order valence-electron chi connectivity index (χ3n) is 8.80. The number of phenolic OH excluding ortho intramolecular Hbond substituents is 1. The van der Waals surface area contributed by atoms with Crippen molar-refractivity contribution in [1.29, 1.82) is 0 Å². The SMILES string of the molecule is CCN(CC)CCOC/C=C1\CC[C@H]2[C@@H]3[C@H](C)Cc4cc(O)ccc4[C@H]3CC[C@]12C. The highest BCUT2D eigenvalue weighted by Gasteiger charge is 2.54. The van der Waals surface area contributed by atoms with Gasteiger partial charge in [0.25, 0.3) is 0 Å². The minimum Gasteiger partial charge on any atom is -0.508 e. The minimum atomic E-state index is 0.353. The zero-order chi connectivity index (χ0) is 21.3. The Bertz CT molecular complexity index is 768. The van der Waals surface area contributed by atoms with E-state index in [4.69, 9.17) is 4.74 Å². The Balaban J connectivity index is 1.44. The number of ether oxygens (including phenoxy) is 1. The number of fused-ring (bicyclic) bond motifs is 5. The maximum Gasteiger partial charge on any atom is 0.115 e. The van der Waals surface area contributed by atoms with Crippen LogP contribution in [0.2, 0.25) is 0 Å². The average Bonchev–Trinajstić information content (AvgIpc) is 3.06.